The number of para-hydroxylation sites is 3. The molecule has 5 aromatic rings. The van der Waals surface area contributed by atoms with E-state index in [1.165, 1.54) is 11.1 Å². The molecule has 1 saturated heterocycles. The van der Waals surface area contributed by atoms with E-state index in [1.54, 1.807) is 6.21 Å². The van der Waals surface area contributed by atoms with Gasteiger partial charge in [0, 0.05) is 18.0 Å². The summed E-state index contributed by atoms with van der Waals surface area (Å²) in [5, 5.41) is 9.19. The first kappa shape index (κ1) is 24.1. The number of fused-ring (bicyclic) bond motifs is 2. The highest BCUT2D eigenvalue weighted by Gasteiger charge is 2.18. The fourth-order valence-electron chi connectivity index (χ4n) is 4.97. The van der Waals surface area contributed by atoms with Crippen LogP contribution in [-0.4, -0.2) is 56.8 Å². The predicted octanol–water partition coefficient (Wildman–Crippen LogP) is 5.29. The highest BCUT2D eigenvalue weighted by molar-refractivity contribution is 5.90. The van der Waals surface area contributed by atoms with Crippen molar-refractivity contribution in [2.24, 2.45) is 5.10 Å². The summed E-state index contributed by atoms with van der Waals surface area (Å²) in [7, 11) is 2.17. The molecule has 6 rings (SSSR count). The Morgan fingerprint density at radius 1 is 0.895 bits per heavy atom. The van der Waals surface area contributed by atoms with Crippen molar-refractivity contribution in [1.29, 1.82) is 0 Å². The van der Waals surface area contributed by atoms with E-state index in [0.29, 0.717) is 18.5 Å². The van der Waals surface area contributed by atoms with Crippen LogP contribution in [0, 0.1) is 6.92 Å². The topological polar surface area (TPSA) is 83.3 Å². The first-order valence-corrected chi connectivity index (χ1v) is 13.1. The number of rotatable bonds is 7. The molecule has 3 aromatic carbocycles. The molecule has 1 aliphatic heterocycles. The van der Waals surface area contributed by atoms with Gasteiger partial charge in [0.05, 0.1) is 22.8 Å². The Morgan fingerprint density at radius 3 is 2.45 bits per heavy atom. The highest BCUT2D eigenvalue weighted by Crippen LogP contribution is 2.24. The van der Waals surface area contributed by atoms with E-state index in [9.17, 15) is 0 Å². The SMILES string of the molecule is Cc1ccc(Cn2c(/C=N/Nc3nc(NC4CCN(C)CC4)c4ccccc4n3)nc3ccccc32)cc1. The van der Waals surface area contributed by atoms with Gasteiger partial charge in [-0.15, -0.1) is 0 Å². The fraction of sp³-hybridized carbons (Fsp3) is 0.267. The molecule has 0 saturated carbocycles. The van der Waals surface area contributed by atoms with Crippen LogP contribution in [0.1, 0.15) is 29.8 Å². The van der Waals surface area contributed by atoms with Crippen molar-refractivity contribution >= 4 is 39.9 Å². The Kier molecular flexibility index (Phi) is 6.71. The molecule has 2 N–H and O–H groups in total. The molecule has 38 heavy (non-hydrogen) atoms. The third-order valence-electron chi connectivity index (χ3n) is 7.15. The zero-order valence-electron chi connectivity index (χ0n) is 21.8. The smallest absolute Gasteiger partial charge is 0.246 e. The number of hydrazone groups is 1. The Morgan fingerprint density at radius 2 is 1.63 bits per heavy atom. The Bertz CT molecular complexity index is 1580. The van der Waals surface area contributed by atoms with E-state index in [2.05, 4.69) is 75.7 Å². The molecule has 1 fully saturated rings. The number of benzene rings is 3. The summed E-state index contributed by atoms with van der Waals surface area (Å²) < 4.78 is 2.18. The molecule has 1 aliphatic rings. The van der Waals surface area contributed by atoms with Gasteiger partial charge >= 0.3 is 0 Å². The van der Waals surface area contributed by atoms with Gasteiger partial charge < -0.3 is 14.8 Å². The largest absolute Gasteiger partial charge is 0.367 e. The summed E-state index contributed by atoms with van der Waals surface area (Å²) >= 11 is 0. The number of piperidine rings is 1. The lowest BCUT2D eigenvalue weighted by Crippen LogP contribution is -2.37. The zero-order chi connectivity index (χ0) is 25.9. The highest BCUT2D eigenvalue weighted by atomic mass is 15.4. The van der Waals surface area contributed by atoms with Gasteiger partial charge in [-0.05, 0) is 69.7 Å². The molecule has 0 spiro atoms. The molecule has 0 atom stereocenters. The standard InChI is InChI=1S/C30H32N8/c1-21-11-13-22(14-12-21)20-38-27-10-6-5-9-26(27)33-28(38)19-31-36-30-34-25-8-4-3-7-24(25)29(35-30)32-23-15-17-37(2)18-16-23/h3-14,19,23H,15-18,20H2,1-2H3,(H2,32,34,35,36)/b31-19+. The zero-order valence-corrected chi connectivity index (χ0v) is 21.8. The number of nitrogens with zero attached hydrogens (tertiary/aromatic N) is 6. The van der Waals surface area contributed by atoms with Crippen molar-refractivity contribution in [3.63, 3.8) is 0 Å². The van der Waals surface area contributed by atoms with Crippen LogP contribution in [0.15, 0.2) is 77.9 Å². The summed E-state index contributed by atoms with van der Waals surface area (Å²) in [4.78, 5) is 16.7. The van der Waals surface area contributed by atoms with Gasteiger partial charge in [-0.3, -0.25) is 0 Å². The van der Waals surface area contributed by atoms with E-state index in [-0.39, 0.29) is 0 Å². The van der Waals surface area contributed by atoms with Crippen LogP contribution in [0.5, 0.6) is 0 Å². The molecule has 0 amide bonds. The second-order valence-corrected chi connectivity index (χ2v) is 10.0. The predicted molar refractivity (Wildman–Crippen MR) is 155 cm³/mol. The second kappa shape index (κ2) is 10.6. The van der Waals surface area contributed by atoms with Gasteiger partial charge in [-0.2, -0.15) is 10.1 Å². The molecule has 8 nitrogen and oxygen atoms in total. The Hall–Kier alpha value is -4.30. The van der Waals surface area contributed by atoms with Crippen LogP contribution in [-0.2, 0) is 6.54 Å². The first-order chi connectivity index (χ1) is 18.6. The number of hydrogen-bond acceptors (Lipinski definition) is 7. The summed E-state index contributed by atoms with van der Waals surface area (Å²) in [6, 6.07) is 25.2. The Labute approximate surface area is 222 Å². The van der Waals surface area contributed by atoms with Gasteiger partial charge in [0.2, 0.25) is 5.95 Å². The van der Waals surface area contributed by atoms with Gasteiger partial charge in [0.25, 0.3) is 0 Å². The number of aryl methyl sites for hydroxylation is 1. The number of likely N-dealkylation sites (tertiary alicyclic amines) is 1. The summed E-state index contributed by atoms with van der Waals surface area (Å²) in [6.07, 6.45) is 3.93. The number of anilines is 2. The average Bonchev–Trinajstić information content (AvgIpc) is 3.28. The third-order valence-corrected chi connectivity index (χ3v) is 7.15. The third kappa shape index (κ3) is 5.21. The molecule has 0 radical (unpaired) electrons. The fourth-order valence-corrected chi connectivity index (χ4v) is 4.97. The molecule has 3 heterocycles. The van der Waals surface area contributed by atoms with Crippen molar-refractivity contribution < 1.29 is 0 Å². The van der Waals surface area contributed by atoms with Crippen molar-refractivity contribution in [2.45, 2.75) is 32.4 Å². The normalized spacial score (nSPS) is 15.0. The van der Waals surface area contributed by atoms with Crippen molar-refractivity contribution in [3.05, 3.63) is 89.7 Å². The quantitative estimate of drug-likeness (QED) is 0.232. The van der Waals surface area contributed by atoms with Crippen molar-refractivity contribution in [1.82, 2.24) is 24.4 Å². The summed E-state index contributed by atoms with van der Waals surface area (Å²) in [5.41, 5.74) is 8.40. The van der Waals surface area contributed by atoms with Crippen molar-refractivity contribution in [2.75, 3.05) is 30.9 Å². The number of nitrogens with one attached hydrogen (secondary N) is 2. The maximum absolute atomic E-state index is 4.83. The van der Waals surface area contributed by atoms with Gasteiger partial charge in [0.1, 0.15) is 5.82 Å². The lowest BCUT2D eigenvalue weighted by Gasteiger charge is -2.30. The van der Waals surface area contributed by atoms with Crippen LogP contribution in [0.2, 0.25) is 0 Å². The van der Waals surface area contributed by atoms with Crippen LogP contribution in [0.3, 0.4) is 0 Å². The van der Waals surface area contributed by atoms with E-state index in [0.717, 1.165) is 59.5 Å². The molecular formula is C30H32N8. The maximum atomic E-state index is 4.83. The minimum absolute atomic E-state index is 0.391. The van der Waals surface area contributed by atoms with Crippen LogP contribution in [0.4, 0.5) is 11.8 Å². The molecule has 0 unspecified atom stereocenters. The van der Waals surface area contributed by atoms with Crippen LogP contribution >= 0.6 is 0 Å². The molecular weight excluding hydrogens is 472 g/mol. The first-order valence-electron chi connectivity index (χ1n) is 13.1. The molecule has 2 aromatic heterocycles. The van der Waals surface area contributed by atoms with Crippen molar-refractivity contribution in [3.8, 4) is 0 Å². The number of aromatic nitrogens is 4. The number of hydrogen-bond donors (Lipinski definition) is 2. The minimum atomic E-state index is 0.391. The number of imidazole rings is 1. The summed E-state index contributed by atoms with van der Waals surface area (Å²) in [5.74, 6) is 2.07. The van der Waals surface area contributed by atoms with Crippen LogP contribution < -0.4 is 10.7 Å². The van der Waals surface area contributed by atoms with Gasteiger partial charge in [-0.1, -0.05) is 54.1 Å². The minimum Gasteiger partial charge on any atom is -0.367 e. The molecule has 8 heteroatoms. The van der Waals surface area contributed by atoms with E-state index in [1.807, 2.05) is 36.4 Å². The Balaban J connectivity index is 1.27. The van der Waals surface area contributed by atoms with Gasteiger partial charge in [-0.25, -0.2) is 15.4 Å². The summed E-state index contributed by atoms with van der Waals surface area (Å²) in [6.45, 7) is 4.97. The monoisotopic (exact) mass is 504 g/mol. The van der Waals surface area contributed by atoms with Gasteiger partial charge in [0.15, 0.2) is 5.82 Å². The molecule has 0 bridgehead atoms. The second-order valence-electron chi connectivity index (χ2n) is 10.0. The van der Waals surface area contributed by atoms with E-state index < -0.39 is 0 Å². The van der Waals surface area contributed by atoms with E-state index >= 15 is 0 Å². The molecule has 0 aliphatic carbocycles. The lowest BCUT2D eigenvalue weighted by molar-refractivity contribution is 0.264. The maximum Gasteiger partial charge on any atom is 0.246 e. The van der Waals surface area contributed by atoms with Crippen LogP contribution in [0.25, 0.3) is 21.9 Å². The molecule has 192 valence electrons. The lowest BCUT2D eigenvalue weighted by atomic mass is 10.1. The van der Waals surface area contributed by atoms with E-state index in [4.69, 9.17) is 15.0 Å². The average molecular weight is 505 g/mol.